The van der Waals surface area contributed by atoms with E-state index in [2.05, 4.69) is 0 Å². The zero-order valence-corrected chi connectivity index (χ0v) is 8.60. The van der Waals surface area contributed by atoms with Crippen molar-refractivity contribution in [2.75, 3.05) is 0 Å². The maximum absolute atomic E-state index is 13.2. The Morgan fingerprint density at radius 3 is 2.50 bits per heavy atom. The van der Waals surface area contributed by atoms with Crippen molar-refractivity contribution in [3.05, 3.63) is 34.1 Å². The third kappa shape index (κ3) is 2.04. The molecular weight excluding hydrogens is 207 g/mol. The molecule has 0 amide bonds. The van der Waals surface area contributed by atoms with Crippen LogP contribution in [0.25, 0.3) is 0 Å². The molecule has 0 heterocycles. The maximum Gasteiger partial charge on any atom is 0.338 e. The third-order valence-corrected chi connectivity index (χ3v) is 2.22. The van der Waals surface area contributed by atoms with Gasteiger partial charge in [0.1, 0.15) is 0 Å². The number of aromatic carboxylic acids is 1. The Hall–Kier alpha value is -1.09. The van der Waals surface area contributed by atoms with E-state index in [1.165, 1.54) is 12.1 Å². The van der Waals surface area contributed by atoms with Gasteiger partial charge in [0.05, 0.1) is 10.6 Å². The predicted molar refractivity (Wildman–Crippen MR) is 52.5 cm³/mol. The number of benzene rings is 1. The van der Waals surface area contributed by atoms with Gasteiger partial charge in [-0.05, 0) is 23.6 Å². The SMILES string of the molecule is CC(C)c1cc(Cl)c(F)c(C(=O)O)c1. The topological polar surface area (TPSA) is 37.3 Å². The molecular formula is C10H10ClFO2. The van der Waals surface area contributed by atoms with Crippen LogP contribution in [0.15, 0.2) is 12.1 Å². The van der Waals surface area contributed by atoms with Gasteiger partial charge in [-0.3, -0.25) is 0 Å². The first kappa shape index (κ1) is 11.0. The Bertz CT molecular complexity index is 375. The molecule has 0 aliphatic heterocycles. The number of hydrogen-bond donors (Lipinski definition) is 1. The molecule has 76 valence electrons. The summed E-state index contributed by atoms with van der Waals surface area (Å²) < 4.78 is 13.2. The number of rotatable bonds is 2. The van der Waals surface area contributed by atoms with Crippen molar-refractivity contribution >= 4 is 17.6 Å². The molecule has 0 saturated carbocycles. The van der Waals surface area contributed by atoms with E-state index in [9.17, 15) is 9.18 Å². The second kappa shape index (κ2) is 3.96. The highest BCUT2D eigenvalue weighted by Gasteiger charge is 2.16. The lowest BCUT2D eigenvalue weighted by Crippen LogP contribution is -2.03. The molecule has 0 saturated heterocycles. The van der Waals surface area contributed by atoms with Gasteiger partial charge in [0, 0.05) is 0 Å². The van der Waals surface area contributed by atoms with Crippen LogP contribution in [0.4, 0.5) is 4.39 Å². The van der Waals surface area contributed by atoms with Crippen molar-refractivity contribution in [3.8, 4) is 0 Å². The summed E-state index contributed by atoms with van der Waals surface area (Å²) in [6.07, 6.45) is 0. The van der Waals surface area contributed by atoms with Crippen LogP contribution < -0.4 is 0 Å². The Morgan fingerprint density at radius 2 is 2.07 bits per heavy atom. The summed E-state index contributed by atoms with van der Waals surface area (Å²) in [7, 11) is 0. The normalized spacial score (nSPS) is 10.6. The average molecular weight is 217 g/mol. The maximum atomic E-state index is 13.2. The first-order valence-electron chi connectivity index (χ1n) is 4.15. The molecule has 1 aromatic carbocycles. The van der Waals surface area contributed by atoms with Gasteiger partial charge in [-0.2, -0.15) is 0 Å². The molecule has 0 fully saturated rings. The van der Waals surface area contributed by atoms with Crippen molar-refractivity contribution in [2.45, 2.75) is 19.8 Å². The van der Waals surface area contributed by atoms with Crippen LogP contribution in [0.3, 0.4) is 0 Å². The highest BCUT2D eigenvalue weighted by molar-refractivity contribution is 6.31. The first-order valence-corrected chi connectivity index (χ1v) is 4.53. The van der Waals surface area contributed by atoms with Gasteiger partial charge >= 0.3 is 5.97 Å². The summed E-state index contributed by atoms with van der Waals surface area (Å²) >= 11 is 5.57. The molecule has 1 rings (SSSR count). The predicted octanol–water partition coefficient (Wildman–Crippen LogP) is 3.30. The summed E-state index contributed by atoms with van der Waals surface area (Å²) in [6.45, 7) is 3.77. The smallest absolute Gasteiger partial charge is 0.338 e. The minimum absolute atomic E-state index is 0.117. The molecule has 1 aromatic rings. The fraction of sp³-hybridized carbons (Fsp3) is 0.300. The monoisotopic (exact) mass is 216 g/mol. The number of carboxylic acid groups (broad SMARTS) is 1. The van der Waals surface area contributed by atoms with Crippen molar-refractivity contribution < 1.29 is 14.3 Å². The number of halogens is 2. The second-order valence-corrected chi connectivity index (χ2v) is 3.73. The summed E-state index contributed by atoms with van der Waals surface area (Å²) in [4.78, 5) is 10.7. The van der Waals surface area contributed by atoms with Crippen molar-refractivity contribution in [3.63, 3.8) is 0 Å². The molecule has 0 atom stereocenters. The van der Waals surface area contributed by atoms with Crippen LogP contribution in [-0.2, 0) is 0 Å². The van der Waals surface area contributed by atoms with E-state index in [1.54, 1.807) is 0 Å². The van der Waals surface area contributed by atoms with Gasteiger partial charge in [-0.25, -0.2) is 9.18 Å². The fourth-order valence-electron chi connectivity index (χ4n) is 1.10. The minimum Gasteiger partial charge on any atom is -0.478 e. The zero-order valence-electron chi connectivity index (χ0n) is 7.84. The highest BCUT2D eigenvalue weighted by atomic mass is 35.5. The lowest BCUT2D eigenvalue weighted by molar-refractivity contribution is 0.0692. The molecule has 14 heavy (non-hydrogen) atoms. The van der Waals surface area contributed by atoms with Gasteiger partial charge in [0.15, 0.2) is 5.82 Å². The Labute approximate surface area is 86.3 Å². The average Bonchev–Trinajstić information content (AvgIpc) is 2.08. The summed E-state index contributed by atoms with van der Waals surface area (Å²) in [5, 5.41) is 8.55. The highest BCUT2D eigenvalue weighted by Crippen LogP contribution is 2.25. The van der Waals surface area contributed by atoms with E-state index in [-0.39, 0.29) is 16.5 Å². The molecule has 1 N–H and O–H groups in total. The third-order valence-electron chi connectivity index (χ3n) is 1.95. The van der Waals surface area contributed by atoms with E-state index in [0.29, 0.717) is 5.56 Å². The van der Waals surface area contributed by atoms with Crippen molar-refractivity contribution in [1.82, 2.24) is 0 Å². The molecule has 0 radical (unpaired) electrons. The number of carbonyl (C=O) groups is 1. The fourth-order valence-corrected chi connectivity index (χ4v) is 1.33. The van der Waals surface area contributed by atoms with Crippen molar-refractivity contribution in [2.24, 2.45) is 0 Å². The molecule has 4 heteroatoms. The molecule has 0 aliphatic rings. The lowest BCUT2D eigenvalue weighted by atomic mass is 10.0. The van der Waals surface area contributed by atoms with Crippen LogP contribution in [0, 0.1) is 5.82 Å². The molecule has 0 aromatic heterocycles. The van der Waals surface area contributed by atoms with E-state index in [0.717, 1.165) is 0 Å². The summed E-state index contributed by atoms with van der Waals surface area (Å²) in [5.74, 6) is -2.05. The molecule has 0 spiro atoms. The van der Waals surface area contributed by atoms with Crippen LogP contribution in [0.2, 0.25) is 5.02 Å². The number of hydrogen-bond acceptors (Lipinski definition) is 1. The molecule has 0 aliphatic carbocycles. The molecule has 2 nitrogen and oxygen atoms in total. The number of carboxylic acids is 1. The second-order valence-electron chi connectivity index (χ2n) is 3.32. The van der Waals surface area contributed by atoms with Gasteiger partial charge < -0.3 is 5.11 Å². The zero-order chi connectivity index (χ0) is 10.9. The van der Waals surface area contributed by atoms with Gasteiger partial charge in [-0.1, -0.05) is 25.4 Å². The van der Waals surface area contributed by atoms with Gasteiger partial charge in [0.25, 0.3) is 0 Å². The van der Waals surface area contributed by atoms with Crippen molar-refractivity contribution in [1.29, 1.82) is 0 Å². The van der Waals surface area contributed by atoms with E-state index in [1.807, 2.05) is 13.8 Å². The van der Waals surface area contributed by atoms with Crippen LogP contribution >= 0.6 is 11.6 Å². The first-order chi connectivity index (χ1) is 6.43. The standard InChI is InChI=1S/C10H10ClFO2/c1-5(2)6-3-7(10(13)14)9(12)8(11)4-6/h3-5H,1-2H3,(H,13,14). The lowest BCUT2D eigenvalue weighted by Gasteiger charge is -2.08. The van der Waals surface area contributed by atoms with E-state index < -0.39 is 11.8 Å². The van der Waals surface area contributed by atoms with Crippen LogP contribution in [0.5, 0.6) is 0 Å². The van der Waals surface area contributed by atoms with E-state index in [4.69, 9.17) is 16.7 Å². The quantitative estimate of drug-likeness (QED) is 0.824. The van der Waals surface area contributed by atoms with E-state index >= 15 is 0 Å². The van der Waals surface area contributed by atoms with Crippen LogP contribution in [-0.4, -0.2) is 11.1 Å². The molecule has 0 unspecified atom stereocenters. The Kier molecular flexibility index (Phi) is 3.11. The minimum atomic E-state index is -1.30. The van der Waals surface area contributed by atoms with Crippen LogP contribution in [0.1, 0.15) is 35.7 Å². The van der Waals surface area contributed by atoms with Gasteiger partial charge in [0.2, 0.25) is 0 Å². The summed E-state index contributed by atoms with van der Waals surface area (Å²) in [6, 6.07) is 2.77. The Balaban J connectivity index is 3.35. The van der Waals surface area contributed by atoms with Gasteiger partial charge in [-0.15, -0.1) is 0 Å². The summed E-state index contributed by atoms with van der Waals surface area (Å²) in [5.41, 5.74) is 0.343. The Morgan fingerprint density at radius 1 is 1.50 bits per heavy atom. The largest absolute Gasteiger partial charge is 0.478 e. The molecule has 0 bridgehead atoms.